The molecule has 1 fully saturated rings. The van der Waals surface area contributed by atoms with Gasteiger partial charge in [0.15, 0.2) is 0 Å². The maximum Gasteiger partial charge on any atom is 0.243 e. The quantitative estimate of drug-likeness (QED) is 0.695. The van der Waals surface area contributed by atoms with Crippen molar-refractivity contribution < 1.29 is 13.2 Å². The predicted octanol–water partition coefficient (Wildman–Crippen LogP) is 3.01. The fourth-order valence-corrected chi connectivity index (χ4v) is 4.72. The van der Waals surface area contributed by atoms with Crippen molar-refractivity contribution >= 4 is 26.0 Å². The van der Waals surface area contributed by atoms with Crippen molar-refractivity contribution in [3.05, 3.63) is 58.6 Å². The Bertz CT molecular complexity index is 815. The summed E-state index contributed by atoms with van der Waals surface area (Å²) in [6, 6.07) is 14.9. The van der Waals surface area contributed by atoms with Gasteiger partial charge in [-0.1, -0.05) is 28.1 Å². The Hall–Kier alpha value is -1.41. The highest BCUT2D eigenvalue weighted by atomic mass is 79.9. The van der Waals surface area contributed by atoms with Crippen LogP contribution in [0.2, 0.25) is 0 Å². The molecule has 1 saturated heterocycles. The number of ether oxygens (including phenoxy) is 1. The van der Waals surface area contributed by atoms with Crippen LogP contribution in [0.5, 0.6) is 5.75 Å². The van der Waals surface area contributed by atoms with E-state index >= 15 is 0 Å². The van der Waals surface area contributed by atoms with Crippen molar-refractivity contribution in [3.63, 3.8) is 0 Å². The molecule has 0 saturated carbocycles. The highest BCUT2D eigenvalue weighted by molar-refractivity contribution is 9.10. The van der Waals surface area contributed by atoms with Gasteiger partial charge in [0, 0.05) is 37.2 Å². The molecular formula is C19H23BrN2O3S. The first-order chi connectivity index (χ1) is 12.5. The van der Waals surface area contributed by atoms with Gasteiger partial charge in [-0.05, 0) is 48.4 Å². The molecule has 0 spiro atoms. The Labute approximate surface area is 163 Å². The van der Waals surface area contributed by atoms with E-state index in [0.717, 1.165) is 36.3 Å². The molecule has 3 rings (SSSR count). The van der Waals surface area contributed by atoms with Crippen LogP contribution in [-0.2, 0) is 16.4 Å². The van der Waals surface area contributed by atoms with Gasteiger partial charge in [0.25, 0.3) is 0 Å². The third kappa shape index (κ3) is 4.65. The maximum atomic E-state index is 12.7. The predicted molar refractivity (Wildman–Crippen MR) is 106 cm³/mol. The minimum Gasteiger partial charge on any atom is -0.497 e. The molecule has 2 aromatic rings. The Balaban J connectivity index is 1.52. The van der Waals surface area contributed by atoms with E-state index in [0.29, 0.717) is 18.0 Å². The number of hydrogen-bond acceptors (Lipinski definition) is 4. The molecule has 0 aliphatic carbocycles. The van der Waals surface area contributed by atoms with E-state index in [-0.39, 0.29) is 0 Å². The highest BCUT2D eigenvalue weighted by Crippen LogP contribution is 2.20. The summed E-state index contributed by atoms with van der Waals surface area (Å²) in [6.45, 7) is 3.50. The fourth-order valence-electron chi connectivity index (χ4n) is 3.03. The van der Waals surface area contributed by atoms with E-state index in [2.05, 4.69) is 33.0 Å². The second-order valence-electron chi connectivity index (χ2n) is 6.30. The van der Waals surface area contributed by atoms with Crippen LogP contribution >= 0.6 is 15.9 Å². The molecule has 0 amide bonds. The molecule has 5 nitrogen and oxygen atoms in total. The van der Waals surface area contributed by atoms with Crippen molar-refractivity contribution in [1.82, 2.24) is 9.21 Å². The molecule has 1 aliphatic heterocycles. The summed E-state index contributed by atoms with van der Waals surface area (Å²) >= 11 is 3.34. The summed E-state index contributed by atoms with van der Waals surface area (Å²) < 4.78 is 33.1. The van der Waals surface area contributed by atoms with Gasteiger partial charge >= 0.3 is 0 Å². The summed E-state index contributed by atoms with van der Waals surface area (Å²) in [6.07, 6.45) is 0.948. The third-order valence-corrected chi connectivity index (χ3v) is 7.10. The molecule has 0 unspecified atom stereocenters. The molecule has 1 aliphatic rings. The topological polar surface area (TPSA) is 49.9 Å². The first kappa shape index (κ1) is 19.4. The Morgan fingerprint density at radius 1 is 0.962 bits per heavy atom. The van der Waals surface area contributed by atoms with Gasteiger partial charge in [-0.2, -0.15) is 4.31 Å². The van der Waals surface area contributed by atoms with Gasteiger partial charge < -0.3 is 9.64 Å². The molecule has 1 heterocycles. The number of methoxy groups -OCH3 is 1. The van der Waals surface area contributed by atoms with E-state index in [1.807, 2.05) is 12.1 Å². The summed E-state index contributed by atoms with van der Waals surface area (Å²) in [5, 5.41) is 0. The SMILES string of the molecule is COc1ccc(CCN2CCN(S(=O)(=O)c3ccc(Br)cc3)CC2)cc1. The fraction of sp³-hybridized carbons (Fsp3) is 0.368. The summed E-state index contributed by atoms with van der Waals surface area (Å²) in [4.78, 5) is 2.67. The first-order valence-electron chi connectivity index (χ1n) is 8.60. The second kappa shape index (κ2) is 8.52. The van der Waals surface area contributed by atoms with Crippen molar-refractivity contribution in [1.29, 1.82) is 0 Å². The van der Waals surface area contributed by atoms with E-state index in [1.165, 1.54) is 5.56 Å². The van der Waals surface area contributed by atoms with Crippen molar-refractivity contribution in [2.45, 2.75) is 11.3 Å². The molecular weight excluding hydrogens is 416 g/mol. The standard InChI is InChI=1S/C19H23BrN2O3S/c1-25-18-6-2-16(3-7-18)10-11-21-12-14-22(15-13-21)26(23,24)19-8-4-17(20)5-9-19/h2-9H,10-15H2,1H3. The largest absolute Gasteiger partial charge is 0.497 e. The monoisotopic (exact) mass is 438 g/mol. The van der Waals surface area contributed by atoms with Gasteiger partial charge in [-0.3, -0.25) is 0 Å². The average Bonchev–Trinajstić information content (AvgIpc) is 2.67. The zero-order valence-corrected chi connectivity index (χ0v) is 17.2. The van der Waals surface area contributed by atoms with Crippen LogP contribution in [0.25, 0.3) is 0 Å². The van der Waals surface area contributed by atoms with Gasteiger partial charge in [0.2, 0.25) is 10.0 Å². The smallest absolute Gasteiger partial charge is 0.243 e. The molecule has 26 heavy (non-hydrogen) atoms. The normalized spacial score (nSPS) is 16.5. The lowest BCUT2D eigenvalue weighted by molar-refractivity contribution is 0.190. The van der Waals surface area contributed by atoms with Crippen LogP contribution in [0, 0.1) is 0 Å². The lowest BCUT2D eigenvalue weighted by Gasteiger charge is -2.34. The molecule has 0 radical (unpaired) electrons. The Kier molecular flexibility index (Phi) is 6.34. The molecule has 7 heteroatoms. The molecule has 0 atom stereocenters. The molecule has 140 valence electrons. The van der Waals surface area contributed by atoms with E-state index in [4.69, 9.17) is 4.74 Å². The van der Waals surface area contributed by atoms with E-state index < -0.39 is 10.0 Å². The number of sulfonamides is 1. The van der Waals surface area contributed by atoms with Crippen molar-refractivity contribution in [2.24, 2.45) is 0 Å². The summed E-state index contributed by atoms with van der Waals surface area (Å²) in [7, 11) is -1.74. The molecule has 0 bridgehead atoms. The molecule has 0 N–H and O–H groups in total. The van der Waals surface area contributed by atoms with Crippen molar-refractivity contribution in [3.8, 4) is 5.75 Å². The van der Waals surface area contributed by atoms with Gasteiger partial charge in [-0.25, -0.2) is 8.42 Å². The van der Waals surface area contributed by atoms with Crippen LogP contribution in [0.3, 0.4) is 0 Å². The lowest BCUT2D eigenvalue weighted by atomic mass is 10.1. The maximum absolute atomic E-state index is 12.7. The van der Waals surface area contributed by atoms with Gasteiger partial charge in [0.1, 0.15) is 5.75 Å². The molecule has 2 aromatic carbocycles. The highest BCUT2D eigenvalue weighted by Gasteiger charge is 2.28. The second-order valence-corrected chi connectivity index (χ2v) is 9.15. The first-order valence-corrected chi connectivity index (χ1v) is 10.8. The number of rotatable bonds is 6. The molecule has 0 aromatic heterocycles. The third-order valence-electron chi connectivity index (χ3n) is 4.66. The van der Waals surface area contributed by atoms with Gasteiger partial charge in [0.05, 0.1) is 12.0 Å². The summed E-state index contributed by atoms with van der Waals surface area (Å²) in [5.74, 6) is 0.862. The Morgan fingerprint density at radius 3 is 2.15 bits per heavy atom. The summed E-state index contributed by atoms with van der Waals surface area (Å²) in [5.41, 5.74) is 1.26. The van der Waals surface area contributed by atoms with Crippen LogP contribution < -0.4 is 4.74 Å². The minimum atomic E-state index is -3.41. The zero-order valence-electron chi connectivity index (χ0n) is 14.8. The van der Waals surface area contributed by atoms with Crippen LogP contribution in [0.4, 0.5) is 0 Å². The zero-order chi connectivity index (χ0) is 18.6. The average molecular weight is 439 g/mol. The number of benzene rings is 2. The van der Waals surface area contributed by atoms with Crippen LogP contribution in [0.1, 0.15) is 5.56 Å². The minimum absolute atomic E-state index is 0.354. The Morgan fingerprint density at radius 2 is 1.58 bits per heavy atom. The lowest BCUT2D eigenvalue weighted by Crippen LogP contribution is -2.48. The number of piperazine rings is 1. The number of hydrogen-bond donors (Lipinski definition) is 0. The number of halogens is 1. The van der Waals surface area contributed by atoms with Gasteiger partial charge in [-0.15, -0.1) is 0 Å². The van der Waals surface area contributed by atoms with Crippen LogP contribution in [-0.4, -0.2) is 57.5 Å². The van der Waals surface area contributed by atoms with Crippen LogP contribution in [0.15, 0.2) is 57.9 Å². The van der Waals surface area contributed by atoms with E-state index in [9.17, 15) is 8.42 Å². The van der Waals surface area contributed by atoms with E-state index in [1.54, 1.807) is 35.7 Å². The number of nitrogens with zero attached hydrogens (tertiary/aromatic N) is 2. The van der Waals surface area contributed by atoms with Crippen molar-refractivity contribution in [2.75, 3.05) is 39.8 Å².